The molecule has 0 fully saturated rings. The van der Waals surface area contributed by atoms with Gasteiger partial charge in [0.15, 0.2) is 9.84 Å². The number of benzene rings is 2. The van der Waals surface area contributed by atoms with Crippen molar-refractivity contribution in [3.05, 3.63) is 40.9 Å². The second-order valence-electron chi connectivity index (χ2n) is 4.50. The van der Waals surface area contributed by atoms with E-state index in [9.17, 15) is 8.42 Å². The van der Waals surface area contributed by atoms with Crippen LogP contribution in [-0.4, -0.2) is 21.8 Å². The molecule has 0 aromatic heterocycles. The molecule has 0 saturated carbocycles. The largest absolute Gasteiger partial charge is 0.495 e. The van der Waals surface area contributed by atoms with Crippen molar-refractivity contribution in [1.29, 1.82) is 0 Å². The third kappa shape index (κ3) is 3.68. The molecule has 0 saturated heterocycles. The summed E-state index contributed by atoms with van der Waals surface area (Å²) >= 11 is 3.38. The highest BCUT2D eigenvalue weighted by atomic mass is 79.9. The normalized spacial score (nSPS) is 11.2. The van der Waals surface area contributed by atoms with Gasteiger partial charge in [0.25, 0.3) is 0 Å². The van der Waals surface area contributed by atoms with Crippen LogP contribution in [0.3, 0.4) is 0 Å². The van der Waals surface area contributed by atoms with E-state index < -0.39 is 9.84 Å². The lowest BCUT2D eigenvalue weighted by Gasteiger charge is -2.12. The topological polar surface area (TPSA) is 81.4 Å². The number of nitrogen functional groups attached to an aromatic ring is 1. The maximum Gasteiger partial charge on any atom is 0.175 e. The van der Waals surface area contributed by atoms with E-state index in [1.165, 1.54) is 12.1 Å². The fourth-order valence-corrected chi connectivity index (χ4v) is 2.84. The van der Waals surface area contributed by atoms with Crippen LogP contribution < -0.4 is 15.8 Å². The molecule has 2 aromatic carbocycles. The maximum atomic E-state index is 11.5. The number of nitrogens with one attached hydrogen (secondary N) is 1. The van der Waals surface area contributed by atoms with Crippen molar-refractivity contribution < 1.29 is 13.2 Å². The molecule has 5 nitrogen and oxygen atoms in total. The van der Waals surface area contributed by atoms with E-state index in [1.54, 1.807) is 13.2 Å². The molecule has 3 N–H and O–H groups in total. The molecule has 0 atom stereocenters. The Bertz CT molecular complexity index is 776. The van der Waals surface area contributed by atoms with Crippen LogP contribution in [0.4, 0.5) is 17.1 Å². The molecule has 0 aliphatic rings. The lowest BCUT2D eigenvalue weighted by Crippen LogP contribution is -2.01. The highest BCUT2D eigenvalue weighted by Gasteiger charge is 2.10. The first-order valence-electron chi connectivity index (χ1n) is 6.01. The molecule has 0 heterocycles. The van der Waals surface area contributed by atoms with Crippen molar-refractivity contribution in [3.8, 4) is 5.75 Å². The minimum atomic E-state index is -3.27. The summed E-state index contributed by atoms with van der Waals surface area (Å²) in [4.78, 5) is 0.193. The van der Waals surface area contributed by atoms with E-state index in [1.807, 2.05) is 18.2 Å². The predicted molar refractivity (Wildman–Crippen MR) is 87.9 cm³/mol. The summed E-state index contributed by atoms with van der Waals surface area (Å²) in [6, 6.07) is 10.1. The van der Waals surface area contributed by atoms with Crippen molar-refractivity contribution in [2.75, 3.05) is 24.4 Å². The van der Waals surface area contributed by atoms with Crippen molar-refractivity contribution in [2.45, 2.75) is 4.90 Å². The summed E-state index contributed by atoms with van der Waals surface area (Å²) < 4.78 is 29.0. The Balaban J connectivity index is 2.32. The van der Waals surface area contributed by atoms with Gasteiger partial charge >= 0.3 is 0 Å². The molecule has 0 radical (unpaired) electrons. The summed E-state index contributed by atoms with van der Waals surface area (Å²) in [5, 5.41) is 3.13. The smallest absolute Gasteiger partial charge is 0.175 e. The number of methoxy groups -OCH3 is 1. The number of nitrogens with two attached hydrogens (primary N) is 1. The van der Waals surface area contributed by atoms with Crippen LogP contribution >= 0.6 is 15.9 Å². The first-order valence-corrected chi connectivity index (χ1v) is 8.70. The van der Waals surface area contributed by atoms with E-state index in [4.69, 9.17) is 10.5 Å². The average molecular weight is 371 g/mol. The Morgan fingerprint density at radius 3 is 2.48 bits per heavy atom. The number of sulfone groups is 1. The lowest BCUT2D eigenvalue weighted by atomic mass is 10.2. The monoisotopic (exact) mass is 370 g/mol. The van der Waals surface area contributed by atoms with Gasteiger partial charge in [-0.1, -0.05) is 0 Å². The van der Waals surface area contributed by atoms with Gasteiger partial charge in [0.2, 0.25) is 0 Å². The van der Waals surface area contributed by atoms with E-state index in [-0.39, 0.29) is 4.90 Å². The van der Waals surface area contributed by atoms with Gasteiger partial charge in [0, 0.05) is 18.0 Å². The molecule has 0 unspecified atom stereocenters. The predicted octanol–water partition coefficient (Wildman–Crippen LogP) is 3.19. The Labute approximate surface area is 132 Å². The van der Waals surface area contributed by atoms with Gasteiger partial charge in [-0.25, -0.2) is 8.42 Å². The van der Waals surface area contributed by atoms with Crippen LogP contribution in [0, 0.1) is 0 Å². The standard InChI is InChI=1S/C14H15BrN2O3S/c1-20-14-7-9(3-5-11(14)15)17-13-6-4-10(8-12(13)16)21(2,18)19/h3-8,17H,16H2,1-2H3. The third-order valence-corrected chi connectivity index (χ3v) is 4.65. The number of anilines is 3. The van der Waals surface area contributed by atoms with Gasteiger partial charge in [-0.2, -0.15) is 0 Å². The van der Waals surface area contributed by atoms with Crippen LogP contribution in [-0.2, 0) is 9.84 Å². The Morgan fingerprint density at radius 1 is 1.19 bits per heavy atom. The summed E-state index contributed by atoms with van der Waals surface area (Å²) in [7, 11) is -1.68. The van der Waals surface area contributed by atoms with Gasteiger partial charge in [-0.15, -0.1) is 0 Å². The summed E-state index contributed by atoms with van der Waals surface area (Å²) in [6.07, 6.45) is 1.15. The summed E-state index contributed by atoms with van der Waals surface area (Å²) in [6.45, 7) is 0. The second-order valence-corrected chi connectivity index (χ2v) is 7.37. The van der Waals surface area contributed by atoms with E-state index in [0.29, 0.717) is 17.1 Å². The zero-order valence-electron chi connectivity index (χ0n) is 11.6. The first kappa shape index (κ1) is 15.7. The van der Waals surface area contributed by atoms with Crippen molar-refractivity contribution >= 4 is 42.8 Å². The fourth-order valence-electron chi connectivity index (χ4n) is 1.78. The van der Waals surface area contributed by atoms with Crippen LogP contribution in [0.25, 0.3) is 0 Å². The number of hydrogen-bond donors (Lipinski definition) is 2. The van der Waals surface area contributed by atoms with Gasteiger partial charge in [0.1, 0.15) is 5.75 Å². The third-order valence-electron chi connectivity index (χ3n) is 2.88. The fraction of sp³-hybridized carbons (Fsp3) is 0.143. The molecular formula is C14H15BrN2O3S. The number of ether oxygens (including phenoxy) is 1. The molecule has 0 spiro atoms. The van der Waals surface area contributed by atoms with Gasteiger partial charge < -0.3 is 15.8 Å². The second kappa shape index (κ2) is 5.95. The maximum absolute atomic E-state index is 11.5. The zero-order chi connectivity index (χ0) is 15.6. The SMILES string of the molecule is COc1cc(Nc2ccc(S(C)(=O)=O)cc2N)ccc1Br. The lowest BCUT2D eigenvalue weighted by molar-refractivity contribution is 0.412. The van der Waals surface area contributed by atoms with Crippen LogP contribution in [0.1, 0.15) is 0 Å². The van der Waals surface area contributed by atoms with Crippen LogP contribution in [0.2, 0.25) is 0 Å². The van der Waals surface area contributed by atoms with E-state index in [0.717, 1.165) is 16.4 Å². The quantitative estimate of drug-likeness (QED) is 0.807. The van der Waals surface area contributed by atoms with Crippen molar-refractivity contribution in [3.63, 3.8) is 0 Å². The molecule has 112 valence electrons. The van der Waals surface area contributed by atoms with Gasteiger partial charge in [0.05, 0.1) is 27.9 Å². The van der Waals surface area contributed by atoms with E-state index >= 15 is 0 Å². The van der Waals surface area contributed by atoms with E-state index in [2.05, 4.69) is 21.2 Å². The molecular weight excluding hydrogens is 356 g/mol. The minimum Gasteiger partial charge on any atom is -0.495 e. The average Bonchev–Trinajstić information content (AvgIpc) is 2.42. The van der Waals surface area contributed by atoms with Crippen molar-refractivity contribution in [1.82, 2.24) is 0 Å². The highest BCUT2D eigenvalue weighted by Crippen LogP contribution is 2.31. The molecule has 0 aliphatic heterocycles. The Kier molecular flexibility index (Phi) is 4.43. The zero-order valence-corrected chi connectivity index (χ0v) is 14.0. The highest BCUT2D eigenvalue weighted by molar-refractivity contribution is 9.10. The van der Waals surface area contributed by atoms with Crippen molar-refractivity contribution in [2.24, 2.45) is 0 Å². The van der Waals surface area contributed by atoms with Crippen LogP contribution in [0.15, 0.2) is 45.8 Å². The Morgan fingerprint density at radius 2 is 1.90 bits per heavy atom. The molecule has 0 amide bonds. The molecule has 7 heteroatoms. The number of rotatable bonds is 4. The minimum absolute atomic E-state index is 0.193. The first-order chi connectivity index (χ1) is 9.81. The number of hydrogen-bond acceptors (Lipinski definition) is 5. The molecule has 0 aliphatic carbocycles. The summed E-state index contributed by atoms with van der Waals surface area (Å²) in [5.41, 5.74) is 7.68. The molecule has 2 rings (SSSR count). The Hall–Kier alpha value is -1.73. The van der Waals surface area contributed by atoms with Gasteiger partial charge in [-0.3, -0.25) is 0 Å². The summed E-state index contributed by atoms with van der Waals surface area (Å²) in [5.74, 6) is 0.686. The van der Waals surface area contributed by atoms with Crippen LogP contribution in [0.5, 0.6) is 5.75 Å². The number of halogens is 1. The van der Waals surface area contributed by atoms with Gasteiger partial charge in [-0.05, 0) is 46.3 Å². The molecule has 2 aromatic rings. The molecule has 0 bridgehead atoms. The molecule has 21 heavy (non-hydrogen) atoms.